The summed E-state index contributed by atoms with van der Waals surface area (Å²) in [4.78, 5) is 16.7. The van der Waals surface area contributed by atoms with Gasteiger partial charge in [0.25, 0.3) is 0 Å². The number of rotatable bonds is 6. The lowest BCUT2D eigenvalue weighted by Gasteiger charge is -2.24. The van der Waals surface area contributed by atoms with Crippen LogP contribution in [0.3, 0.4) is 0 Å². The van der Waals surface area contributed by atoms with Crippen LogP contribution in [-0.4, -0.2) is 32.5 Å². The second kappa shape index (κ2) is 6.07. The zero-order chi connectivity index (χ0) is 15.5. The molecule has 0 fully saturated rings. The highest BCUT2D eigenvalue weighted by Crippen LogP contribution is 2.33. The first-order chi connectivity index (χ1) is 10.1. The van der Waals surface area contributed by atoms with E-state index < -0.39 is 5.41 Å². The number of hydrogen-bond donors (Lipinski definition) is 0. The van der Waals surface area contributed by atoms with Crippen molar-refractivity contribution >= 4 is 5.97 Å². The third kappa shape index (κ3) is 2.68. The lowest BCUT2D eigenvalue weighted by molar-refractivity contribution is -0.151. The zero-order valence-corrected chi connectivity index (χ0v) is 12.8. The minimum absolute atomic E-state index is 0.284. The van der Waals surface area contributed by atoms with Gasteiger partial charge in [0.1, 0.15) is 11.1 Å². The average Bonchev–Trinajstić information content (AvgIpc) is 3.10. The Kier molecular flexibility index (Phi) is 4.40. The fourth-order valence-corrected chi connectivity index (χ4v) is 2.25. The summed E-state index contributed by atoms with van der Waals surface area (Å²) in [5.41, 5.74) is -0.284. The molecule has 114 valence electrons. The van der Waals surface area contributed by atoms with E-state index in [1.54, 1.807) is 23.9 Å². The van der Waals surface area contributed by atoms with E-state index >= 15 is 0 Å². The van der Waals surface area contributed by atoms with Crippen molar-refractivity contribution in [3.05, 3.63) is 18.2 Å². The summed E-state index contributed by atoms with van der Waals surface area (Å²) >= 11 is 0. The van der Waals surface area contributed by atoms with Gasteiger partial charge in [-0.2, -0.15) is 10.1 Å². The number of nitrogens with zero attached hydrogens (tertiary/aromatic N) is 4. The Hall–Kier alpha value is -2.18. The molecule has 0 aromatic carbocycles. The maximum absolute atomic E-state index is 12.3. The van der Waals surface area contributed by atoms with Crippen LogP contribution in [-0.2, 0) is 22.0 Å². The molecule has 0 aliphatic carbocycles. The Morgan fingerprint density at radius 3 is 2.62 bits per heavy atom. The summed E-state index contributed by atoms with van der Waals surface area (Å²) in [6, 6.07) is 1.79. The molecule has 2 heterocycles. The van der Waals surface area contributed by atoms with Crippen LogP contribution >= 0.6 is 0 Å². The molecule has 0 radical (unpaired) electrons. The Morgan fingerprint density at radius 1 is 1.38 bits per heavy atom. The maximum Gasteiger partial charge on any atom is 0.321 e. The van der Waals surface area contributed by atoms with E-state index in [9.17, 15) is 4.79 Å². The van der Waals surface area contributed by atoms with Crippen LogP contribution in [0.4, 0.5) is 0 Å². The Morgan fingerprint density at radius 2 is 2.10 bits per heavy atom. The minimum Gasteiger partial charge on any atom is -0.465 e. The molecule has 0 aliphatic rings. The fraction of sp³-hybridized carbons (Fsp3) is 0.571. The normalized spacial score (nSPS) is 11.6. The molecule has 0 spiro atoms. The van der Waals surface area contributed by atoms with Gasteiger partial charge in [0.05, 0.1) is 6.61 Å². The van der Waals surface area contributed by atoms with Crippen molar-refractivity contribution in [2.75, 3.05) is 6.61 Å². The molecule has 0 amide bonds. The predicted octanol–water partition coefficient (Wildman–Crippen LogP) is 2.09. The average molecular weight is 292 g/mol. The molecule has 0 atom stereocenters. The van der Waals surface area contributed by atoms with Gasteiger partial charge in [-0.25, -0.2) is 0 Å². The van der Waals surface area contributed by atoms with Crippen molar-refractivity contribution < 1.29 is 14.1 Å². The van der Waals surface area contributed by atoms with Crippen molar-refractivity contribution in [3.63, 3.8) is 0 Å². The number of esters is 1. The summed E-state index contributed by atoms with van der Waals surface area (Å²) in [6.07, 6.45) is 2.86. The first-order valence-corrected chi connectivity index (χ1v) is 7.08. The van der Waals surface area contributed by atoms with Crippen LogP contribution in [0, 0.1) is 0 Å². The highest BCUT2D eigenvalue weighted by Gasteiger charge is 2.44. The highest BCUT2D eigenvalue weighted by atomic mass is 16.5. The van der Waals surface area contributed by atoms with E-state index in [4.69, 9.17) is 9.26 Å². The van der Waals surface area contributed by atoms with Gasteiger partial charge in [-0.1, -0.05) is 19.0 Å². The molecule has 0 N–H and O–H groups in total. The van der Waals surface area contributed by atoms with Gasteiger partial charge in [-0.3, -0.25) is 9.48 Å². The molecule has 21 heavy (non-hydrogen) atoms. The van der Waals surface area contributed by atoms with Crippen molar-refractivity contribution in [1.29, 1.82) is 0 Å². The second-order valence-corrected chi connectivity index (χ2v) is 4.81. The van der Waals surface area contributed by atoms with Crippen LogP contribution in [0.1, 0.15) is 39.5 Å². The summed E-state index contributed by atoms with van der Waals surface area (Å²) in [5, 5.41) is 8.16. The Bertz CT molecular complexity index is 613. The molecule has 0 bridgehead atoms. The van der Waals surface area contributed by atoms with Gasteiger partial charge in [-0.05, 0) is 25.8 Å². The predicted molar refractivity (Wildman–Crippen MR) is 75.4 cm³/mol. The summed E-state index contributed by atoms with van der Waals surface area (Å²) in [5.74, 6) is 0.332. The molecule has 0 saturated heterocycles. The molecule has 7 nitrogen and oxygen atoms in total. The van der Waals surface area contributed by atoms with Gasteiger partial charge >= 0.3 is 5.97 Å². The molecule has 2 aromatic heterocycles. The number of ether oxygens (including phenoxy) is 1. The maximum atomic E-state index is 12.3. The van der Waals surface area contributed by atoms with Gasteiger partial charge in [0.2, 0.25) is 11.7 Å². The highest BCUT2D eigenvalue weighted by molar-refractivity contribution is 5.81. The van der Waals surface area contributed by atoms with Crippen molar-refractivity contribution in [1.82, 2.24) is 19.9 Å². The smallest absolute Gasteiger partial charge is 0.321 e. The third-order valence-corrected chi connectivity index (χ3v) is 3.65. The van der Waals surface area contributed by atoms with Crippen LogP contribution in [0.5, 0.6) is 0 Å². The fourth-order valence-electron chi connectivity index (χ4n) is 2.25. The van der Waals surface area contributed by atoms with E-state index in [2.05, 4.69) is 15.2 Å². The molecule has 7 heteroatoms. The van der Waals surface area contributed by atoms with E-state index in [0.29, 0.717) is 31.0 Å². The monoisotopic (exact) mass is 292 g/mol. The van der Waals surface area contributed by atoms with E-state index in [0.717, 1.165) is 0 Å². The van der Waals surface area contributed by atoms with Gasteiger partial charge in [0.15, 0.2) is 0 Å². The minimum atomic E-state index is -0.893. The number of hydrogen-bond acceptors (Lipinski definition) is 6. The van der Waals surface area contributed by atoms with E-state index in [1.165, 1.54) is 0 Å². The largest absolute Gasteiger partial charge is 0.465 e. The summed E-state index contributed by atoms with van der Waals surface area (Å²) in [6.45, 7) is 5.92. The quantitative estimate of drug-likeness (QED) is 0.758. The van der Waals surface area contributed by atoms with Crippen LogP contribution in [0.25, 0.3) is 11.5 Å². The van der Waals surface area contributed by atoms with Gasteiger partial charge in [0, 0.05) is 13.2 Å². The molecule has 0 saturated carbocycles. The molecule has 0 aliphatic heterocycles. The lowest BCUT2D eigenvalue weighted by atomic mass is 9.82. The van der Waals surface area contributed by atoms with Crippen molar-refractivity contribution in [2.45, 2.75) is 39.0 Å². The number of carbonyl (C=O) groups is 1. The standard InChI is InChI=1S/C14H20N4O3/c1-5-14(6-2,13(19)20-7-3)12-15-11(17-21-12)10-8-9-18(4)16-10/h8-9H,5-7H2,1-4H3. The van der Waals surface area contributed by atoms with E-state index in [-0.39, 0.29) is 11.9 Å². The zero-order valence-electron chi connectivity index (χ0n) is 12.8. The summed E-state index contributed by atoms with van der Waals surface area (Å²) < 4.78 is 12.2. The van der Waals surface area contributed by atoms with E-state index in [1.807, 2.05) is 20.9 Å². The van der Waals surface area contributed by atoms with Crippen molar-refractivity contribution in [3.8, 4) is 11.5 Å². The first-order valence-electron chi connectivity index (χ1n) is 7.08. The number of aromatic nitrogens is 4. The van der Waals surface area contributed by atoms with Crippen molar-refractivity contribution in [2.24, 2.45) is 7.05 Å². The topological polar surface area (TPSA) is 83.0 Å². The third-order valence-electron chi connectivity index (χ3n) is 3.65. The number of carbonyl (C=O) groups excluding carboxylic acids is 1. The molecule has 2 rings (SSSR count). The first kappa shape index (κ1) is 15.2. The Labute approximate surface area is 123 Å². The Balaban J connectivity index is 2.38. The van der Waals surface area contributed by atoms with Crippen LogP contribution in [0.15, 0.2) is 16.8 Å². The van der Waals surface area contributed by atoms with Crippen LogP contribution in [0.2, 0.25) is 0 Å². The second-order valence-electron chi connectivity index (χ2n) is 4.81. The number of aryl methyl sites for hydroxylation is 1. The summed E-state index contributed by atoms with van der Waals surface area (Å²) in [7, 11) is 1.81. The molecular weight excluding hydrogens is 272 g/mol. The van der Waals surface area contributed by atoms with Gasteiger partial charge < -0.3 is 9.26 Å². The van der Waals surface area contributed by atoms with Crippen LogP contribution < -0.4 is 0 Å². The van der Waals surface area contributed by atoms with Gasteiger partial charge in [-0.15, -0.1) is 0 Å². The molecule has 2 aromatic rings. The lowest BCUT2D eigenvalue weighted by Crippen LogP contribution is -2.36. The molecule has 0 unspecified atom stereocenters. The molecular formula is C14H20N4O3. The SMILES string of the molecule is CCOC(=O)C(CC)(CC)c1nc(-c2ccn(C)n2)no1.